The third-order valence-corrected chi connectivity index (χ3v) is 6.81. The fourth-order valence-corrected chi connectivity index (χ4v) is 4.63. The van der Waals surface area contributed by atoms with Crippen molar-refractivity contribution in [3.8, 4) is 0 Å². The number of rotatable bonds is 7. The number of hydrogen-bond donors (Lipinski definition) is 2. The lowest BCUT2D eigenvalue weighted by Crippen LogP contribution is -2.48. The number of hydrogen-bond acceptors (Lipinski definition) is 3. The molecule has 0 bridgehead atoms. The molecule has 1 heterocycles. The Bertz CT molecular complexity index is 824. The van der Waals surface area contributed by atoms with Crippen LogP contribution in [0.2, 0.25) is 0 Å². The van der Waals surface area contributed by atoms with Crippen LogP contribution in [0.1, 0.15) is 59.8 Å². The van der Waals surface area contributed by atoms with Crippen molar-refractivity contribution in [3.05, 3.63) is 68.3 Å². The van der Waals surface area contributed by atoms with Gasteiger partial charge in [-0.05, 0) is 92.0 Å². The van der Waals surface area contributed by atoms with Gasteiger partial charge in [0.15, 0.2) is 0 Å². The van der Waals surface area contributed by atoms with E-state index in [0.717, 1.165) is 49.2 Å². The predicted molar refractivity (Wildman–Crippen MR) is 133 cm³/mol. The average Bonchev–Trinajstić information content (AvgIpc) is 2.73. The number of likely N-dealkylation sites (tertiary alicyclic amines) is 1. The van der Waals surface area contributed by atoms with Crippen molar-refractivity contribution in [3.63, 3.8) is 0 Å². The number of aryl methyl sites for hydroxylation is 2. The number of benzene rings is 2. The number of carbonyl (C=O) groups excluding carboxylic acids is 1. The lowest BCUT2D eigenvalue weighted by Gasteiger charge is -2.34. The normalized spacial score (nSPS) is 17.0. The first-order valence-electron chi connectivity index (χ1n) is 11.0. The second kappa shape index (κ2) is 10.7. The molecular formula is C25H34IN3O. The van der Waals surface area contributed by atoms with E-state index in [-0.39, 0.29) is 5.91 Å². The summed E-state index contributed by atoms with van der Waals surface area (Å²) in [5, 5.41) is 7.39. The Morgan fingerprint density at radius 1 is 1.07 bits per heavy atom. The third-order valence-electron chi connectivity index (χ3n) is 6.09. The largest absolute Gasteiger partial charge is 0.339 e. The van der Waals surface area contributed by atoms with Gasteiger partial charge in [-0.2, -0.15) is 0 Å². The van der Waals surface area contributed by atoms with E-state index >= 15 is 0 Å². The molecule has 2 atom stereocenters. The third kappa shape index (κ3) is 6.05. The van der Waals surface area contributed by atoms with Gasteiger partial charge < -0.3 is 15.5 Å². The molecule has 4 nitrogen and oxygen atoms in total. The SMILES string of the molecule is Cc1cccc(C)c1C(=O)N1CCC(NC[C@H](C)N[C@@H](C)c2ccc(I)cc2)CC1. The van der Waals surface area contributed by atoms with Gasteiger partial charge in [0.05, 0.1) is 0 Å². The summed E-state index contributed by atoms with van der Waals surface area (Å²) >= 11 is 2.34. The van der Waals surface area contributed by atoms with Crippen molar-refractivity contribution >= 4 is 28.5 Å². The Balaban J connectivity index is 1.43. The predicted octanol–water partition coefficient (Wildman–Crippen LogP) is 4.84. The zero-order valence-electron chi connectivity index (χ0n) is 18.5. The summed E-state index contributed by atoms with van der Waals surface area (Å²) < 4.78 is 1.26. The molecule has 1 saturated heterocycles. The Morgan fingerprint density at radius 3 is 2.27 bits per heavy atom. The fraction of sp³-hybridized carbons (Fsp3) is 0.480. The molecule has 2 aromatic carbocycles. The maximum absolute atomic E-state index is 13.0. The number of carbonyl (C=O) groups is 1. The van der Waals surface area contributed by atoms with Crippen LogP contribution in [0, 0.1) is 17.4 Å². The number of nitrogens with one attached hydrogen (secondary N) is 2. The Morgan fingerprint density at radius 2 is 1.67 bits per heavy atom. The molecule has 0 saturated carbocycles. The van der Waals surface area contributed by atoms with Gasteiger partial charge in [0.25, 0.3) is 5.91 Å². The van der Waals surface area contributed by atoms with Crippen molar-refractivity contribution in [2.75, 3.05) is 19.6 Å². The minimum atomic E-state index is 0.186. The van der Waals surface area contributed by atoms with E-state index in [1.807, 2.05) is 36.9 Å². The van der Waals surface area contributed by atoms with E-state index in [2.05, 4.69) is 71.3 Å². The van der Waals surface area contributed by atoms with Crippen LogP contribution < -0.4 is 10.6 Å². The Labute approximate surface area is 195 Å². The molecule has 162 valence electrons. The summed E-state index contributed by atoms with van der Waals surface area (Å²) in [4.78, 5) is 15.0. The number of halogens is 1. The molecule has 0 spiro atoms. The summed E-state index contributed by atoms with van der Waals surface area (Å²) in [6, 6.07) is 16.0. The topological polar surface area (TPSA) is 44.4 Å². The highest BCUT2D eigenvalue weighted by Gasteiger charge is 2.25. The molecule has 1 aliphatic rings. The Kier molecular flexibility index (Phi) is 8.31. The number of amides is 1. The van der Waals surface area contributed by atoms with Crippen molar-refractivity contribution in [1.29, 1.82) is 0 Å². The number of piperidine rings is 1. The summed E-state index contributed by atoms with van der Waals surface area (Å²) in [5.41, 5.74) is 4.34. The van der Waals surface area contributed by atoms with Crippen LogP contribution in [0.5, 0.6) is 0 Å². The molecular weight excluding hydrogens is 485 g/mol. The van der Waals surface area contributed by atoms with Crippen molar-refractivity contribution < 1.29 is 4.79 Å². The molecule has 0 unspecified atom stereocenters. The van der Waals surface area contributed by atoms with Gasteiger partial charge in [-0.15, -0.1) is 0 Å². The summed E-state index contributed by atoms with van der Waals surface area (Å²) in [7, 11) is 0. The molecule has 2 N–H and O–H groups in total. The van der Waals surface area contributed by atoms with E-state index in [1.54, 1.807) is 0 Å². The van der Waals surface area contributed by atoms with Gasteiger partial charge in [-0.3, -0.25) is 4.79 Å². The quantitative estimate of drug-likeness (QED) is 0.515. The summed E-state index contributed by atoms with van der Waals surface area (Å²) in [6.07, 6.45) is 2.02. The highest BCUT2D eigenvalue weighted by Crippen LogP contribution is 2.20. The van der Waals surface area contributed by atoms with Crippen LogP contribution in [0.25, 0.3) is 0 Å². The van der Waals surface area contributed by atoms with Gasteiger partial charge in [-0.1, -0.05) is 30.3 Å². The summed E-state index contributed by atoms with van der Waals surface area (Å²) in [6.45, 7) is 11.1. The van der Waals surface area contributed by atoms with Gasteiger partial charge in [0.1, 0.15) is 0 Å². The van der Waals surface area contributed by atoms with Gasteiger partial charge in [-0.25, -0.2) is 0 Å². The van der Waals surface area contributed by atoms with Gasteiger partial charge >= 0.3 is 0 Å². The van der Waals surface area contributed by atoms with Crippen LogP contribution in [0.3, 0.4) is 0 Å². The maximum atomic E-state index is 13.0. The summed E-state index contributed by atoms with van der Waals surface area (Å²) in [5.74, 6) is 0.186. The molecule has 1 amide bonds. The van der Waals surface area contributed by atoms with Crippen molar-refractivity contribution in [2.45, 2.75) is 58.7 Å². The van der Waals surface area contributed by atoms with E-state index in [1.165, 1.54) is 9.13 Å². The molecule has 5 heteroatoms. The molecule has 3 rings (SSSR count). The lowest BCUT2D eigenvalue weighted by atomic mass is 9.99. The van der Waals surface area contributed by atoms with Crippen LogP contribution in [0.4, 0.5) is 0 Å². The van der Waals surface area contributed by atoms with Crippen LogP contribution in [0.15, 0.2) is 42.5 Å². The molecule has 30 heavy (non-hydrogen) atoms. The first kappa shape index (κ1) is 23.2. The highest BCUT2D eigenvalue weighted by molar-refractivity contribution is 14.1. The molecule has 1 fully saturated rings. The lowest BCUT2D eigenvalue weighted by molar-refractivity contribution is 0.0703. The second-order valence-corrected chi connectivity index (χ2v) is 9.83. The zero-order chi connectivity index (χ0) is 21.7. The smallest absolute Gasteiger partial charge is 0.254 e. The van der Waals surface area contributed by atoms with Crippen molar-refractivity contribution in [2.24, 2.45) is 0 Å². The van der Waals surface area contributed by atoms with E-state index in [9.17, 15) is 4.79 Å². The molecule has 2 aromatic rings. The Hall–Kier alpha value is -1.44. The van der Waals surface area contributed by atoms with Crippen molar-refractivity contribution in [1.82, 2.24) is 15.5 Å². The second-order valence-electron chi connectivity index (χ2n) is 8.58. The minimum Gasteiger partial charge on any atom is -0.339 e. The minimum absolute atomic E-state index is 0.186. The molecule has 0 aromatic heterocycles. The van der Waals surface area contributed by atoms with E-state index in [0.29, 0.717) is 18.1 Å². The molecule has 0 radical (unpaired) electrons. The van der Waals surface area contributed by atoms with Crippen LogP contribution in [-0.2, 0) is 0 Å². The zero-order valence-corrected chi connectivity index (χ0v) is 20.7. The molecule has 0 aliphatic carbocycles. The van der Waals surface area contributed by atoms with E-state index < -0.39 is 0 Å². The highest BCUT2D eigenvalue weighted by atomic mass is 127. The first-order valence-corrected chi connectivity index (χ1v) is 12.0. The standard InChI is InChI=1S/C25H34IN3O/c1-17-6-5-7-18(2)24(17)25(30)29-14-12-23(13-15-29)27-16-19(3)28-20(4)21-8-10-22(26)11-9-21/h5-11,19-20,23,27-28H,12-16H2,1-4H3/t19-,20-/m0/s1. The monoisotopic (exact) mass is 519 g/mol. The van der Waals surface area contributed by atoms with E-state index in [4.69, 9.17) is 0 Å². The first-order chi connectivity index (χ1) is 14.3. The molecule has 1 aliphatic heterocycles. The van der Waals surface area contributed by atoms with Gasteiger partial charge in [0, 0.05) is 46.9 Å². The maximum Gasteiger partial charge on any atom is 0.254 e. The number of nitrogens with zero attached hydrogens (tertiary/aromatic N) is 1. The average molecular weight is 519 g/mol. The van der Waals surface area contributed by atoms with Crippen LogP contribution >= 0.6 is 22.6 Å². The fourth-order valence-electron chi connectivity index (χ4n) is 4.27. The van der Waals surface area contributed by atoms with Gasteiger partial charge in [0.2, 0.25) is 0 Å². The van der Waals surface area contributed by atoms with Crippen LogP contribution in [-0.4, -0.2) is 42.5 Å².